The fraction of sp³-hybridized carbons (Fsp3) is 0.308. The quantitative estimate of drug-likeness (QED) is 0.740. The number of oxime groups is 1. The second-order valence-corrected chi connectivity index (χ2v) is 5.22. The second kappa shape index (κ2) is 4.06. The number of benzene rings is 1. The first-order valence-corrected chi connectivity index (χ1v) is 6.24. The highest BCUT2D eigenvalue weighted by atomic mass is 35.5. The van der Waals surface area contributed by atoms with Crippen LogP contribution in [0.1, 0.15) is 19.8 Å². The van der Waals surface area contributed by atoms with Gasteiger partial charge in [-0.25, -0.2) is 4.90 Å². The standard InChI is InChI=1S/C13H11ClN2O3/c1-8-6-13(19-15-8)7-11(17)16(12(13)18)10-4-2-3-9(14)5-10/h2-5H,6-7H2,1H3. The molecular weight excluding hydrogens is 268 g/mol. The molecule has 1 spiro atoms. The van der Waals surface area contributed by atoms with E-state index in [4.69, 9.17) is 16.4 Å². The molecule has 2 aliphatic rings. The van der Waals surface area contributed by atoms with Gasteiger partial charge in [-0.15, -0.1) is 0 Å². The second-order valence-electron chi connectivity index (χ2n) is 4.78. The number of rotatable bonds is 1. The van der Waals surface area contributed by atoms with Crippen LogP contribution in [-0.2, 0) is 14.4 Å². The van der Waals surface area contributed by atoms with Crippen LogP contribution in [0.4, 0.5) is 5.69 Å². The Hall–Kier alpha value is -1.88. The number of anilines is 1. The topological polar surface area (TPSA) is 59.0 Å². The predicted molar refractivity (Wildman–Crippen MR) is 70.1 cm³/mol. The van der Waals surface area contributed by atoms with E-state index < -0.39 is 5.60 Å². The first-order valence-electron chi connectivity index (χ1n) is 5.86. The van der Waals surface area contributed by atoms with Gasteiger partial charge in [-0.1, -0.05) is 22.8 Å². The lowest BCUT2D eigenvalue weighted by Crippen LogP contribution is -2.40. The van der Waals surface area contributed by atoms with Crippen LogP contribution in [0.5, 0.6) is 0 Å². The van der Waals surface area contributed by atoms with Gasteiger partial charge in [0.2, 0.25) is 11.5 Å². The van der Waals surface area contributed by atoms with Crippen molar-refractivity contribution in [2.24, 2.45) is 5.16 Å². The highest BCUT2D eigenvalue weighted by molar-refractivity contribution is 6.31. The molecule has 1 aromatic rings. The summed E-state index contributed by atoms with van der Waals surface area (Å²) in [4.78, 5) is 30.9. The van der Waals surface area contributed by atoms with E-state index in [1.807, 2.05) is 0 Å². The summed E-state index contributed by atoms with van der Waals surface area (Å²) in [6.45, 7) is 1.77. The van der Waals surface area contributed by atoms with Crippen LogP contribution in [0.15, 0.2) is 29.4 Å². The van der Waals surface area contributed by atoms with E-state index in [9.17, 15) is 9.59 Å². The molecule has 0 aromatic heterocycles. The normalized spacial score (nSPS) is 26.0. The van der Waals surface area contributed by atoms with Gasteiger partial charge >= 0.3 is 0 Å². The van der Waals surface area contributed by atoms with Gasteiger partial charge in [-0.05, 0) is 25.1 Å². The molecule has 2 heterocycles. The van der Waals surface area contributed by atoms with Crippen molar-refractivity contribution >= 4 is 34.8 Å². The molecule has 0 N–H and O–H groups in total. The Bertz CT molecular complexity index is 614. The zero-order chi connectivity index (χ0) is 13.6. The molecular formula is C13H11ClN2O3. The molecule has 2 aliphatic heterocycles. The Kier molecular flexibility index (Phi) is 2.60. The first-order chi connectivity index (χ1) is 9.02. The monoisotopic (exact) mass is 278 g/mol. The molecule has 1 saturated heterocycles. The maximum atomic E-state index is 12.5. The summed E-state index contributed by atoms with van der Waals surface area (Å²) < 4.78 is 0. The minimum absolute atomic E-state index is 0.0131. The molecule has 0 bridgehead atoms. The SMILES string of the molecule is CC1=NOC2(CC(=O)N(c3cccc(Cl)c3)C2=O)C1. The summed E-state index contributed by atoms with van der Waals surface area (Å²) >= 11 is 5.89. The lowest BCUT2D eigenvalue weighted by atomic mass is 9.96. The van der Waals surface area contributed by atoms with E-state index in [-0.39, 0.29) is 18.2 Å². The van der Waals surface area contributed by atoms with Gasteiger partial charge in [-0.3, -0.25) is 9.59 Å². The summed E-state index contributed by atoms with van der Waals surface area (Å²) in [5.41, 5.74) is 0.0327. The molecule has 0 radical (unpaired) electrons. The average Bonchev–Trinajstić information content (AvgIpc) is 2.82. The van der Waals surface area contributed by atoms with Crippen LogP contribution in [-0.4, -0.2) is 23.1 Å². The average molecular weight is 279 g/mol. The van der Waals surface area contributed by atoms with Crippen LogP contribution in [0, 0.1) is 0 Å². The third-order valence-corrected chi connectivity index (χ3v) is 3.50. The minimum Gasteiger partial charge on any atom is -0.378 e. The molecule has 98 valence electrons. The predicted octanol–water partition coefficient (Wildman–Crippen LogP) is 2.14. The molecule has 1 unspecified atom stereocenters. The zero-order valence-electron chi connectivity index (χ0n) is 10.2. The molecule has 1 atom stereocenters. The molecule has 5 nitrogen and oxygen atoms in total. The van der Waals surface area contributed by atoms with Gasteiger partial charge in [0.25, 0.3) is 5.91 Å². The fourth-order valence-corrected chi connectivity index (χ4v) is 2.63. The van der Waals surface area contributed by atoms with Crippen molar-refractivity contribution in [3.63, 3.8) is 0 Å². The maximum Gasteiger partial charge on any atom is 0.281 e. The van der Waals surface area contributed by atoms with Crippen LogP contribution in [0.25, 0.3) is 0 Å². The van der Waals surface area contributed by atoms with E-state index in [1.54, 1.807) is 31.2 Å². The third kappa shape index (κ3) is 1.81. The molecule has 2 amide bonds. The van der Waals surface area contributed by atoms with Crippen molar-refractivity contribution in [1.29, 1.82) is 0 Å². The smallest absolute Gasteiger partial charge is 0.281 e. The summed E-state index contributed by atoms with van der Waals surface area (Å²) in [6.07, 6.45) is 0.369. The van der Waals surface area contributed by atoms with Crippen LogP contribution in [0.2, 0.25) is 5.02 Å². The van der Waals surface area contributed by atoms with E-state index in [2.05, 4.69) is 5.16 Å². The summed E-state index contributed by atoms with van der Waals surface area (Å²) in [5, 5.41) is 4.26. The maximum absolute atomic E-state index is 12.5. The van der Waals surface area contributed by atoms with Crippen molar-refractivity contribution in [1.82, 2.24) is 0 Å². The number of imide groups is 1. The minimum atomic E-state index is -1.15. The summed E-state index contributed by atoms with van der Waals surface area (Å²) in [6, 6.07) is 6.63. The summed E-state index contributed by atoms with van der Waals surface area (Å²) in [7, 11) is 0. The Labute approximate surface area is 114 Å². The van der Waals surface area contributed by atoms with E-state index >= 15 is 0 Å². The van der Waals surface area contributed by atoms with Crippen LogP contribution in [0.3, 0.4) is 0 Å². The molecule has 0 aliphatic carbocycles. The number of nitrogens with zero attached hydrogens (tertiary/aromatic N) is 2. The van der Waals surface area contributed by atoms with Gasteiger partial charge in [0.1, 0.15) is 0 Å². The van der Waals surface area contributed by atoms with Crippen molar-refractivity contribution < 1.29 is 14.4 Å². The third-order valence-electron chi connectivity index (χ3n) is 3.26. The van der Waals surface area contributed by atoms with Crippen molar-refractivity contribution in [2.75, 3.05) is 4.90 Å². The van der Waals surface area contributed by atoms with E-state index in [1.165, 1.54) is 0 Å². The lowest BCUT2D eigenvalue weighted by molar-refractivity contribution is -0.136. The number of halogens is 1. The van der Waals surface area contributed by atoms with E-state index in [0.717, 1.165) is 4.90 Å². The molecule has 3 rings (SSSR count). The number of carbonyl (C=O) groups excluding carboxylic acids is 2. The molecule has 0 saturated carbocycles. The van der Waals surface area contributed by atoms with Crippen LogP contribution < -0.4 is 4.90 Å². The lowest BCUT2D eigenvalue weighted by Gasteiger charge is -2.19. The van der Waals surface area contributed by atoms with Crippen molar-refractivity contribution in [3.05, 3.63) is 29.3 Å². The van der Waals surface area contributed by atoms with Crippen LogP contribution >= 0.6 is 11.6 Å². The Balaban J connectivity index is 1.97. The van der Waals surface area contributed by atoms with E-state index in [0.29, 0.717) is 22.8 Å². The number of hydrogen-bond donors (Lipinski definition) is 0. The number of hydrogen-bond acceptors (Lipinski definition) is 4. The fourth-order valence-electron chi connectivity index (χ4n) is 2.44. The zero-order valence-corrected chi connectivity index (χ0v) is 11.0. The molecule has 19 heavy (non-hydrogen) atoms. The van der Waals surface area contributed by atoms with Gasteiger partial charge in [0, 0.05) is 11.4 Å². The Morgan fingerprint density at radius 3 is 2.79 bits per heavy atom. The van der Waals surface area contributed by atoms with Gasteiger partial charge in [-0.2, -0.15) is 0 Å². The molecule has 1 aromatic carbocycles. The van der Waals surface area contributed by atoms with Crippen molar-refractivity contribution in [2.45, 2.75) is 25.4 Å². The van der Waals surface area contributed by atoms with Gasteiger partial charge in [0.05, 0.1) is 17.8 Å². The highest BCUT2D eigenvalue weighted by Crippen LogP contribution is 2.38. The Morgan fingerprint density at radius 1 is 1.37 bits per heavy atom. The molecule has 1 fully saturated rings. The van der Waals surface area contributed by atoms with Gasteiger partial charge < -0.3 is 4.84 Å². The number of carbonyl (C=O) groups is 2. The van der Waals surface area contributed by atoms with Crippen molar-refractivity contribution in [3.8, 4) is 0 Å². The van der Waals surface area contributed by atoms with Gasteiger partial charge in [0.15, 0.2) is 0 Å². The first kappa shape index (κ1) is 12.2. The number of amides is 2. The Morgan fingerprint density at radius 2 is 2.16 bits per heavy atom. The largest absolute Gasteiger partial charge is 0.378 e. The highest BCUT2D eigenvalue weighted by Gasteiger charge is 2.57. The summed E-state index contributed by atoms with van der Waals surface area (Å²) in [5.74, 6) is -0.669. The molecule has 6 heteroatoms.